The summed E-state index contributed by atoms with van der Waals surface area (Å²) in [6, 6.07) is 3.33. The molecule has 2 rings (SSSR count). The normalized spacial score (nSPS) is 10.4. The van der Waals surface area contributed by atoms with E-state index in [9.17, 15) is 0 Å². The molecule has 0 unspecified atom stereocenters. The van der Waals surface area contributed by atoms with E-state index in [1.165, 1.54) is 11.8 Å². The maximum absolute atomic E-state index is 5.80. The Labute approximate surface area is 102 Å². The van der Waals surface area contributed by atoms with Crippen LogP contribution < -0.4 is 5.73 Å². The van der Waals surface area contributed by atoms with E-state index in [0.29, 0.717) is 21.0 Å². The van der Waals surface area contributed by atoms with Gasteiger partial charge in [-0.1, -0.05) is 11.6 Å². The Morgan fingerprint density at radius 2 is 1.94 bits per heavy atom. The Kier molecular flexibility index (Phi) is 3.26. The minimum absolute atomic E-state index is 0.370. The molecule has 0 aliphatic rings. The molecule has 2 aromatic rings. The highest BCUT2D eigenvalue weighted by Crippen LogP contribution is 2.25. The van der Waals surface area contributed by atoms with E-state index in [1.54, 1.807) is 24.5 Å². The van der Waals surface area contributed by atoms with Crippen molar-refractivity contribution in [2.24, 2.45) is 0 Å². The molecule has 6 heteroatoms. The molecule has 16 heavy (non-hydrogen) atoms. The van der Waals surface area contributed by atoms with Gasteiger partial charge in [0.25, 0.3) is 0 Å². The van der Waals surface area contributed by atoms with E-state index in [2.05, 4.69) is 15.0 Å². The summed E-state index contributed by atoms with van der Waals surface area (Å²) < 4.78 is 0. The van der Waals surface area contributed by atoms with Crippen LogP contribution in [-0.2, 0) is 0 Å². The first-order chi connectivity index (χ1) is 7.63. The van der Waals surface area contributed by atoms with Crippen molar-refractivity contribution in [1.29, 1.82) is 0 Å². The molecule has 2 heterocycles. The average Bonchev–Trinajstić information content (AvgIpc) is 2.20. The molecule has 0 atom stereocenters. The number of anilines is 1. The third-order valence-electron chi connectivity index (χ3n) is 1.75. The molecule has 2 N–H and O–H groups in total. The lowest BCUT2D eigenvalue weighted by Crippen LogP contribution is -1.91. The molecule has 0 fully saturated rings. The number of nitrogens with zero attached hydrogens (tertiary/aromatic N) is 3. The van der Waals surface area contributed by atoms with Crippen molar-refractivity contribution in [2.45, 2.75) is 17.1 Å². The summed E-state index contributed by atoms with van der Waals surface area (Å²) in [6.07, 6.45) is 3.51. The van der Waals surface area contributed by atoms with Crippen LogP contribution >= 0.6 is 23.4 Å². The van der Waals surface area contributed by atoms with Gasteiger partial charge in [0.2, 0.25) is 0 Å². The molecule has 2 aromatic heterocycles. The summed E-state index contributed by atoms with van der Waals surface area (Å²) in [5.74, 6) is 0. The number of pyridine rings is 1. The number of nitrogen functional groups attached to an aromatic ring is 1. The molecule has 0 aliphatic carbocycles. The Balaban J connectivity index is 2.23. The molecule has 0 bridgehead atoms. The molecular weight excluding hydrogens is 244 g/mol. The lowest BCUT2D eigenvalue weighted by molar-refractivity contribution is 0.945. The van der Waals surface area contributed by atoms with Gasteiger partial charge in [0.15, 0.2) is 5.16 Å². The topological polar surface area (TPSA) is 64.7 Å². The van der Waals surface area contributed by atoms with Crippen LogP contribution in [0, 0.1) is 6.92 Å². The predicted molar refractivity (Wildman–Crippen MR) is 64.6 cm³/mol. The van der Waals surface area contributed by atoms with Crippen molar-refractivity contribution in [3.63, 3.8) is 0 Å². The first-order valence-corrected chi connectivity index (χ1v) is 5.72. The highest BCUT2D eigenvalue weighted by atomic mass is 35.5. The quantitative estimate of drug-likeness (QED) is 0.657. The van der Waals surface area contributed by atoms with Crippen LogP contribution in [0.15, 0.2) is 34.7 Å². The zero-order valence-electron chi connectivity index (χ0n) is 8.51. The highest BCUT2D eigenvalue weighted by molar-refractivity contribution is 7.99. The van der Waals surface area contributed by atoms with Gasteiger partial charge in [-0.05, 0) is 36.4 Å². The second-order valence-corrected chi connectivity index (χ2v) is 4.58. The van der Waals surface area contributed by atoms with Gasteiger partial charge in [-0.25, -0.2) is 15.0 Å². The van der Waals surface area contributed by atoms with Gasteiger partial charge < -0.3 is 5.73 Å². The summed E-state index contributed by atoms with van der Waals surface area (Å²) in [5.41, 5.74) is 7.25. The number of rotatable bonds is 2. The van der Waals surface area contributed by atoms with Crippen LogP contribution in [0.1, 0.15) is 5.56 Å². The van der Waals surface area contributed by atoms with Gasteiger partial charge >= 0.3 is 0 Å². The van der Waals surface area contributed by atoms with Crippen LogP contribution in [0.5, 0.6) is 0 Å². The van der Waals surface area contributed by atoms with Gasteiger partial charge in [-0.3, -0.25) is 0 Å². The average molecular weight is 253 g/mol. The van der Waals surface area contributed by atoms with Crippen LogP contribution in [0.25, 0.3) is 0 Å². The number of aryl methyl sites for hydroxylation is 1. The monoisotopic (exact) mass is 252 g/mol. The molecule has 0 amide bonds. The summed E-state index contributed by atoms with van der Waals surface area (Å²) in [4.78, 5) is 12.4. The SMILES string of the molecule is Cc1cnc(Sc2cc(N)cc(Cl)n2)nc1. The Hall–Kier alpha value is -1.33. The maximum atomic E-state index is 5.80. The molecular formula is C10H9ClN4S. The molecule has 82 valence electrons. The van der Waals surface area contributed by atoms with Gasteiger partial charge in [0.1, 0.15) is 10.2 Å². The molecule has 0 saturated carbocycles. The second kappa shape index (κ2) is 4.67. The molecule has 0 saturated heterocycles. The summed E-state index contributed by atoms with van der Waals surface area (Å²) in [6.45, 7) is 1.93. The van der Waals surface area contributed by atoms with Crippen molar-refractivity contribution in [3.05, 3.63) is 35.2 Å². The first kappa shape index (κ1) is 11.2. The maximum Gasteiger partial charge on any atom is 0.193 e. The van der Waals surface area contributed by atoms with E-state index < -0.39 is 0 Å². The van der Waals surface area contributed by atoms with Gasteiger partial charge in [-0.15, -0.1) is 0 Å². The van der Waals surface area contributed by atoms with Crippen molar-refractivity contribution >= 4 is 29.1 Å². The Morgan fingerprint density at radius 1 is 1.25 bits per heavy atom. The predicted octanol–water partition coefficient (Wildman–Crippen LogP) is 2.57. The minimum Gasteiger partial charge on any atom is -0.399 e. The number of nitrogens with two attached hydrogens (primary N) is 1. The number of hydrogen-bond acceptors (Lipinski definition) is 5. The lowest BCUT2D eigenvalue weighted by atomic mass is 10.4. The molecule has 0 spiro atoms. The minimum atomic E-state index is 0.370. The first-order valence-electron chi connectivity index (χ1n) is 4.53. The number of halogens is 1. The smallest absolute Gasteiger partial charge is 0.193 e. The van der Waals surface area contributed by atoms with Crippen LogP contribution in [0.4, 0.5) is 5.69 Å². The van der Waals surface area contributed by atoms with E-state index in [0.717, 1.165) is 5.56 Å². The van der Waals surface area contributed by atoms with E-state index >= 15 is 0 Å². The molecule has 0 aliphatic heterocycles. The highest BCUT2D eigenvalue weighted by Gasteiger charge is 2.03. The lowest BCUT2D eigenvalue weighted by Gasteiger charge is -2.01. The Bertz CT molecular complexity index is 480. The van der Waals surface area contributed by atoms with E-state index in [4.69, 9.17) is 17.3 Å². The van der Waals surface area contributed by atoms with E-state index in [1.807, 2.05) is 6.92 Å². The standard InChI is InChI=1S/C10H9ClN4S/c1-6-4-13-10(14-5-6)16-9-3-7(12)2-8(11)15-9/h2-5H,1H3,(H2,12,15). The largest absolute Gasteiger partial charge is 0.399 e. The summed E-state index contributed by atoms with van der Waals surface area (Å²) in [7, 11) is 0. The van der Waals surface area contributed by atoms with Crippen molar-refractivity contribution in [3.8, 4) is 0 Å². The third kappa shape index (κ3) is 2.84. The molecule has 0 radical (unpaired) electrons. The zero-order chi connectivity index (χ0) is 11.5. The van der Waals surface area contributed by atoms with Crippen LogP contribution in [0.3, 0.4) is 0 Å². The summed E-state index contributed by atoms with van der Waals surface area (Å²) >= 11 is 7.12. The van der Waals surface area contributed by atoms with Crippen LogP contribution in [-0.4, -0.2) is 15.0 Å². The third-order valence-corrected chi connectivity index (χ3v) is 2.75. The Morgan fingerprint density at radius 3 is 2.56 bits per heavy atom. The van der Waals surface area contributed by atoms with Gasteiger partial charge in [-0.2, -0.15) is 0 Å². The van der Waals surface area contributed by atoms with Gasteiger partial charge in [0.05, 0.1) is 0 Å². The van der Waals surface area contributed by atoms with Crippen molar-refractivity contribution < 1.29 is 0 Å². The summed E-state index contributed by atoms with van der Waals surface area (Å²) in [5, 5.41) is 1.68. The number of aromatic nitrogens is 3. The van der Waals surface area contributed by atoms with Crippen molar-refractivity contribution in [2.75, 3.05) is 5.73 Å². The fraction of sp³-hybridized carbons (Fsp3) is 0.100. The van der Waals surface area contributed by atoms with Gasteiger partial charge in [0, 0.05) is 18.1 Å². The second-order valence-electron chi connectivity index (χ2n) is 3.21. The fourth-order valence-corrected chi connectivity index (χ4v) is 2.07. The molecule has 4 nitrogen and oxygen atoms in total. The van der Waals surface area contributed by atoms with Crippen LogP contribution in [0.2, 0.25) is 5.15 Å². The number of hydrogen-bond donors (Lipinski definition) is 1. The van der Waals surface area contributed by atoms with E-state index in [-0.39, 0.29) is 0 Å². The zero-order valence-corrected chi connectivity index (χ0v) is 10.1. The fourth-order valence-electron chi connectivity index (χ4n) is 1.07. The molecule has 0 aromatic carbocycles. The van der Waals surface area contributed by atoms with Crippen molar-refractivity contribution in [1.82, 2.24) is 15.0 Å².